The molecule has 1 saturated carbocycles. The molecule has 0 unspecified atom stereocenters. The smallest absolute Gasteiger partial charge is 0.159 e. The fourth-order valence-corrected chi connectivity index (χ4v) is 2.67. The highest BCUT2D eigenvalue weighted by Gasteiger charge is 2.28. The summed E-state index contributed by atoms with van der Waals surface area (Å²) in [5, 5.41) is 3.89. The summed E-state index contributed by atoms with van der Waals surface area (Å²) in [6.45, 7) is 3.61. The highest BCUT2D eigenvalue weighted by Crippen LogP contribution is 2.40. The number of halogens is 1. The summed E-state index contributed by atoms with van der Waals surface area (Å²) in [4.78, 5) is 7.63. The van der Waals surface area contributed by atoms with E-state index in [9.17, 15) is 4.39 Å². The second-order valence-corrected chi connectivity index (χ2v) is 5.42. The van der Waals surface area contributed by atoms with Crippen LogP contribution in [0.1, 0.15) is 36.0 Å². The minimum atomic E-state index is -0.306. The van der Waals surface area contributed by atoms with Crippen LogP contribution in [0.5, 0.6) is 0 Å². The summed E-state index contributed by atoms with van der Waals surface area (Å²) in [6, 6.07) is 3.64. The SMILES string of the molecule is Cc1noc(C)c1-c1ccc2[nH]c(C3CC3)nc2c1F. The molecule has 1 aliphatic carbocycles. The first-order chi connectivity index (χ1) is 9.65. The first kappa shape index (κ1) is 11.6. The number of hydrogen-bond acceptors (Lipinski definition) is 3. The van der Waals surface area contributed by atoms with Crippen LogP contribution in [0.4, 0.5) is 4.39 Å². The summed E-state index contributed by atoms with van der Waals surface area (Å²) < 4.78 is 19.9. The van der Waals surface area contributed by atoms with E-state index < -0.39 is 0 Å². The molecule has 0 aliphatic heterocycles. The highest BCUT2D eigenvalue weighted by molar-refractivity contribution is 5.84. The molecule has 0 bridgehead atoms. The monoisotopic (exact) mass is 271 g/mol. The topological polar surface area (TPSA) is 54.7 Å². The fourth-order valence-electron chi connectivity index (χ4n) is 2.67. The number of hydrogen-bond donors (Lipinski definition) is 1. The van der Waals surface area contributed by atoms with Gasteiger partial charge in [-0.25, -0.2) is 9.37 Å². The Morgan fingerprint density at radius 1 is 1.30 bits per heavy atom. The molecule has 4 nitrogen and oxygen atoms in total. The van der Waals surface area contributed by atoms with Gasteiger partial charge >= 0.3 is 0 Å². The molecule has 102 valence electrons. The van der Waals surface area contributed by atoms with E-state index in [2.05, 4.69) is 15.1 Å². The maximum absolute atomic E-state index is 14.7. The zero-order valence-corrected chi connectivity index (χ0v) is 11.3. The summed E-state index contributed by atoms with van der Waals surface area (Å²) in [6.07, 6.45) is 2.27. The van der Waals surface area contributed by atoms with Crippen LogP contribution in [0.25, 0.3) is 22.2 Å². The number of benzene rings is 1. The molecule has 4 rings (SSSR count). The standard InChI is InChI=1S/C15H14FN3O/c1-7-12(8(2)20-19-7)10-5-6-11-14(13(10)16)18-15(17-11)9-3-4-9/h5-6,9H,3-4H2,1-2H3,(H,17,18). The van der Waals surface area contributed by atoms with Gasteiger partial charge in [-0.05, 0) is 38.8 Å². The number of nitrogens with zero attached hydrogens (tertiary/aromatic N) is 2. The molecule has 1 fully saturated rings. The van der Waals surface area contributed by atoms with Crippen molar-refractivity contribution in [2.45, 2.75) is 32.6 Å². The second kappa shape index (κ2) is 3.91. The van der Waals surface area contributed by atoms with Crippen LogP contribution in [0.15, 0.2) is 16.7 Å². The van der Waals surface area contributed by atoms with Crippen molar-refractivity contribution in [3.05, 3.63) is 35.2 Å². The lowest BCUT2D eigenvalue weighted by Gasteiger charge is -2.02. The van der Waals surface area contributed by atoms with Gasteiger partial charge in [0.05, 0.1) is 16.8 Å². The molecule has 1 aliphatic rings. The molecule has 5 heteroatoms. The maximum atomic E-state index is 14.7. The van der Waals surface area contributed by atoms with Crippen LogP contribution in [0, 0.1) is 19.7 Å². The number of aromatic nitrogens is 3. The Hall–Kier alpha value is -2.17. The van der Waals surface area contributed by atoms with E-state index in [-0.39, 0.29) is 5.82 Å². The van der Waals surface area contributed by atoms with Gasteiger partial charge in [0.15, 0.2) is 5.82 Å². The average Bonchev–Trinajstić information content (AvgIpc) is 3.11. The molecular weight excluding hydrogens is 257 g/mol. The van der Waals surface area contributed by atoms with Crippen molar-refractivity contribution < 1.29 is 8.91 Å². The van der Waals surface area contributed by atoms with Gasteiger partial charge in [0, 0.05) is 11.5 Å². The summed E-state index contributed by atoms with van der Waals surface area (Å²) in [7, 11) is 0. The third kappa shape index (κ3) is 1.59. The lowest BCUT2D eigenvalue weighted by Crippen LogP contribution is -1.89. The molecule has 0 radical (unpaired) electrons. The normalized spacial score (nSPS) is 15.2. The van der Waals surface area contributed by atoms with Crippen molar-refractivity contribution in [1.82, 2.24) is 15.1 Å². The van der Waals surface area contributed by atoms with Crippen molar-refractivity contribution in [3.8, 4) is 11.1 Å². The lowest BCUT2D eigenvalue weighted by molar-refractivity contribution is 0.393. The van der Waals surface area contributed by atoms with Gasteiger partial charge in [-0.1, -0.05) is 5.16 Å². The van der Waals surface area contributed by atoms with Crippen molar-refractivity contribution >= 4 is 11.0 Å². The molecule has 20 heavy (non-hydrogen) atoms. The molecule has 3 aromatic rings. The van der Waals surface area contributed by atoms with Crippen LogP contribution in [-0.2, 0) is 0 Å². The van der Waals surface area contributed by atoms with E-state index in [4.69, 9.17) is 4.52 Å². The molecule has 0 saturated heterocycles. The van der Waals surface area contributed by atoms with Gasteiger partial charge in [0.1, 0.15) is 17.1 Å². The van der Waals surface area contributed by atoms with Gasteiger partial charge < -0.3 is 9.51 Å². The minimum Gasteiger partial charge on any atom is -0.361 e. The number of H-pyrrole nitrogens is 1. The Labute approximate surface area is 115 Å². The van der Waals surface area contributed by atoms with Gasteiger partial charge in [-0.2, -0.15) is 0 Å². The molecule has 1 aromatic carbocycles. The van der Waals surface area contributed by atoms with E-state index in [0.29, 0.717) is 28.5 Å². The Kier molecular flexibility index (Phi) is 2.28. The maximum Gasteiger partial charge on any atom is 0.159 e. The Morgan fingerprint density at radius 2 is 2.10 bits per heavy atom. The second-order valence-electron chi connectivity index (χ2n) is 5.42. The van der Waals surface area contributed by atoms with Crippen LogP contribution in [0.2, 0.25) is 0 Å². The summed E-state index contributed by atoms with van der Waals surface area (Å²) in [5.74, 6) is 1.69. The highest BCUT2D eigenvalue weighted by atomic mass is 19.1. The number of aromatic amines is 1. The quantitative estimate of drug-likeness (QED) is 0.770. The molecule has 1 N–H and O–H groups in total. The van der Waals surface area contributed by atoms with Crippen LogP contribution >= 0.6 is 0 Å². The molecule has 0 amide bonds. The average molecular weight is 271 g/mol. The lowest BCUT2D eigenvalue weighted by atomic mass is 10.0. The third-order valence-electron chi connectivity index (χ3n) is 3.88. The van der Waals surface area contributed by atoms with Gasteiger partial charge in [0.25, 0.3) is 0 Å². The number of aryl methyl sites for hydroxylation is 2. The van der Waals surface area contributed by atoms with E-state index in [1.54, 1.807) is 13.0 Å². The number of imidazole rings is 1. The molecule has 2 heterocycles. The van der Waals surface area contributed by atoms with Crippen LogP contribution in [0.3, 0.4) is 0 Å². The van der Waals surface area contributed by atoms with Crippen LogP contribution in [-0.4, -0.2) is 15.1 Å². The molecule has 0 atom stereocenters. The fraction of sp³-hybridized carbons (Fsp3) is 0.333. The third-order valence-corrected chi connectivity index (χ3v) is 3.88. The molecular formula is C15H14FN3O. The van der Waals surface area contributed by atoms with Gasteiger partial charge in [0.2, 0.25) is 0 Å². The Bertz CT molecular complexity index is 794. The number of fused-ring (bicyclic) bond motifs is 1. The van der Waals surface area contributed by atoms with Crippen molar-refractivity contribution in [1.29, 1.82) is 0 Å². The van der Waals surface area contributed by atoms with Crippen molar-refractivity contribution in [2.24, 2.45) is 0 Å². The van der Waals surface area contributed by atoms with E-state index in [0.717, 1.165) is 29.7 Å². The van der Waals surface area contributed by atoms with Crippen LogP contribution < -0.4 is 0 Å². The number of rotatable bonds is 2. The van der Waals surface area contributed by atoms with E-state index >= 15 is 0 Å². The summed E-state index contributed by atoms with van der Waals surface area (Å²) >= 11 is 0. The van der Waals surface area contributed by atoms with Gasteiger partial charge in [-0.15, -0.1) is 0 Å². The molecule has 0 spiro atoms. The Morgan fingerprint density at radius 3 is 2.75 bits per heavy atom. The zero-order valence-electron chi connectivity index (χ0n) is 11.3. The summed E-state index contributed by atoms with van der Waals surface area (Å²) in [5.41, 5.74) is 3.07. The Balaban J connectivity index is 1.94. The zero-order chi connectivity index (χ0) is 13.9. The predicted molar refractivity (Wildman–Crippen MR) is 73.0 cm³/mol. The van der Waals surface area contributed by atoms with E-state index in [1.165, 1.54) is 0 Å². The largest absolute Gasteiger partial charge is 0.361 e. The first-order valence-electron chi connectivity index (χ1n) is 6.76. The predicted octanol–water partition coefficient (Wildman–Crippen LogP) is 3.85. The van der Waals surface area contributed by atoms with Crippen molar-refractivity contribution in [3.63, 3.8) is 0 Å². The number of nitrogens with one attached hydrogen (secondary N) is 1. The van der Waals surface area contributed by atoms with Gasteiger partial charge in [-0.3, -0.25) is 0 Å². The minimum absolute atomic E-state index is 0.306. The van der Waals surface area contributed by atoms with E-state index in [1.807, 2.05) is 13.0 Å². The van der Waals surface area contributed by atoms with Crippen molar-refractivity contribution in [2.75, 3.05) is 0 Å². The molecule has 2 aromatic heterocycles. The first-order valence-corrected chi connectivity index (χ1v) is 6.76.